The first-order valence-corrected chi connectivity index (χ1v) is 15.9. The molecule has 35 heavy (non-hydrogen) atoms. The lowest BCUT2D eigenvalue weighted by molar-refractivity contribution is -0.137. The first-order valence-electron chi connectivity index (χ1n) is 15.9. The summed E-state index contributed by atoms with van der Waals surface area (Å²) in [5, 5.41) is 8.41. The summed E-state index contributed by atoms with van der Waals surface area (Å²) in [7, 11) is 4.34. The van der Waals surface area contributed by atoms with Crippen LogP contribution in [0.2, 0.25) is 0 Å². The maximum absolute atomic E-state index is 10.2. The molecule has 0 aliphatic heterocycles. The van der Waals surface area contributed by atoms with Gasteiger partial charge >= 0.3 is 5.97 Å². The maximum Gasteiger partial charge on any atom is 0.303 e. The normalized spacial score (nSPS) is 11.0. The van der Waals surface area contributed by atoms with Crippen LogP contribution in [0.5, 0.6) is 0 Å². The summed E-state index contributed by atoms with van der Waals surface area (Å²) in [5.41, 5.74) is 0. The molecule has 1 N–H and O–H groups in total. The van der Waals surface area contributed by atoms with Gasteiger partial charge in [-0.2, -0.15) is 0 Å². The van der Waals surface area contributed by atoms with Crippen LogP contribution in [-0.4, -0.2) is 36.6 Å². The van der Waals surface area contributed by atoms with E-state index in [1.807, 2.05) is 0 Å². The Morgan fingerprint density at radius 2 is 0.714 bits per heavy atom. The van der Waals surface area contributed by atoms with Crippen LogP contribution >= 0.6 is 0 Å². The van der Waals surface area contributed by atoms with Crippen molar-refractivity contribution in [2.75, 3.05) is 20.6 Å². The Kier molecular flexibility index (Phi) is 34.9. The second kappa shape index (κ2) is 33.4. The molecule has 0 aliphatic rings. The Morgan fingerprint density at radius 3 is 0.971 bits per heavy atom. The van der Waals surface area contributed by atoms with E-state index in [-0.39, 0.29) is 0 Å². The van der Waals surface area contributed by atoms with Crippen LogP contribution < -0.4 is 0 Å². The lowest BCUT2D eigenvalue weighted by Gasteiger charge is -2.08. The number of hydrogen-bond acceptors (Lipinski definition) is 2. The second-order valence-electron chi connectivity index (χ2n) is 11.1. The third-order valence-corrected chi connectivity index (χ3v) is 6.95. The number of carboxylic acids is 1. The zero-order valence-corrected chi connectivity index (χ0v) is 24.9. The maximum atomic E-state index is 10.2. The van der Waals surface area contributed by atoms with Crippen molar-refractivity contribution in [1.82, 2.24) is 4.90 Å². The summed E-state index contributed by atoms with van der Waals surface area (Å²) < 4.78 is 0. The minimum absolute atomic E-state index is 0.343. The lowest BCUT2D eigenvalue weighted by Crippen LogP contribution is -2.12. The molecular weight excluding hydrogens is 430 g/mol. The van der Waals surface area contributed by atoms with Crippen molar-refractivity contribution in [1.29, 1.82) is 0 Å². The van der Waals surface area contributed by atoms with Crippen LogP contribution in [0.1, 0.15) is 181 Å². The molecule has 0 heterocycles. The van der Waals surface area contributed by atoms with Crippen LogP contribution in [0.25, 0.3) is 0 Å². The highest BCUT2D eigenvalue weighted by Gasteiger charge is 1.97. The van der Waals surface area contributed by atoms with Gasteiger partial charge in [0.05, 0.1) is 0 Å². The highest BCUT2D eigenvalue weighted by Crippen LogP contribution is 2.14. The van der Waals surface area contributed by atoms with Crippen molar-refractivity contribution in [2.24, 2.45) is 0 Å². The Labute approximate surface area is 222 Å². The molecule has 212 valence electrons. The highest BCUT2D eigenvalue weighted by atomic mass is 16.4. The van der Waals surface area contributed by atoms with Crippen LogP contribution in [0, 0.1) is 0 Å². The largest absolute Gasteiger partial charge is 0.481 e. The van der Waals surface area contributed by atoms with E-state index in [0.717, 1.165) is 12.8 Å². The Hall–Kier alpha value is -0.570. The molecule has 0 rings (SSSR count). The Bertz CT molecular complexity index is 384. The molecule has 0 aromatic heterocycles. The van der Waals surface area contributed by atoms with Crippen molar-refractivity contribution in [2.45, 2.75) is 181 Å². The number of carbonyl (C=O) groups is 1. The van der Waals surface area contributed by atoms with Crippen LogP contribution in [0.4, 0.5) is 0 Å². The molecule has 0 spiro atoms. The van der Waals surface area contributed by atoms with Crippen molar-refractivity contribution >= 4 is 5.97 Å². The number of nitrogens with zero attached hydrogens (tertiary/aromatic N) is 1. The summed E-state index contributed by atoms with van der Waals surface area (Å²) >= 11 is 0. The van der Waals surface area contributed by atoms with E-state index in [9.17, 15) is 4.79 Å². The SMILES string of the molecule is CCCCCCCCCCCC(=O)O.CCCCCCCCCCCCCCCCCCN(C)C. The van der Waals surface area contributed by atoms with Gasteiger partial charge in [0.25, 0.3) is 0 Å². The molecule has 0 aliphatic carbocycles. The molecule has 3 heteroatoms. The van der Waals surface area contributed by atoms with Crippen LogP contribution in [-0.2, 0) is 4.79 Å². The monoisotopic (exact) mass is 498 g/mol. The fourth-order valence-corrected chi connectivity index (χ4v) is 4.56. The second-order valence-corrected chi connectivity index (χ2v) is 11.1. The molecule has 0 bridgehead atoms. The summed E-state index contributed by atoms with van der Waals surface area (Å²) in [6, 6.07) is 0. The quantitative estimate of drug-likeness (QED) is 0.115. The average molecular weight is 498 g/mol. The van der Waals surface area contributed by atoms with Gasteiger partial charge in [-0.1, -0.05) is 162 Å². The summed E-state index contributed by atoms with van der Waals surface area (Å²) in [6.45, 7) is 5.79. The van der Waals surface area contributed by atoms with E-state index in [1.165, 1.54) is 154 Å². The van der Waals surface area contributed by atoms with Gasteiger partial charge in [-0.25, -0.2) is 0 Å². The van der Waals surface area contributed by atoms with E-state index in [1.54, 1.807) is 0 Å². The van der Waals surface area contributed by atoms with Crippen molar-refractivity contribution in [3.05, 3.63) is 0 Å². The van der Waals surface area contributed by atoms with Gasteiger partial charge in [-0.3, -0.25) is 4.79 Å². The number of hydrogen-bond donors (Lipinski definition) is 1. The third kappa shape index (κ3) is 40.9. The molecule has 3 nitrogen and oxygen atoms in total. The van der Waals surface area contributed by atoms with E-state index in [4.69, 9.17) is 5.11 Å². The molecule has 0 saturated carbocycles. The fraction of sp³-hybridized carbons (Fsp3) is 0.969. The van der Waals surface area contributed by atoms with E-state index in [0.29, 0.717) is 6.42 Å². The first-order chi connectivity index (χ1) is 17.0. The van der Waals surface area contributed by atoms with Gasteiger partial charge < -0.3 is 10.0 Å². The number of unbranched alkanes of at least 4 members (excludes halogenated alkanes) is 23. The van der Waals surface area contributed by atoms with Crippen LogP contribution in [0.3, 0.4) is 0 Å². The number of rotatable bonds is 27. The fourth-order valence-electron chi connectivity index (χ4n) is 4.56. The van der Waals surface area contributed by atoms with E-state index in [2.05, 4.69) is 32.8 Å². The van der Waals surface area contributed by atoms with Crippen LogP contribution in [0.15, 0.2) is 0 Å². The van der Waals surface area contributed by atoms with Gasteiger partial charge in [0.15, 0.2) is 0 Å². The minimum atomic E-state index is -0.659. The number of aliphatic carboxylic acids is 1. The predicted octanol–water partition coefficient (Wildman–Crippen LogP) is 10.8. The topological polar surface area (TPSA) is 40.5 Å². The first kappa shape index (κ1) is 36.6. The van der Waals surface area contributed by atoms with Crippen molar-refractivity contribution in [3.63, 3.8) is 0 Å². The molecule has 0 aromatic rings. The molecule has 0 atom stereocenters. The molecule has 0 amide bonds. The third-order valence-electron chi connectivity index (χ3n) is 6.95. The van der Waals surface area contributed by atoms with Crippen molar-refractivity contribution < 1.29 is 9.90 Å². The van der Waals surface area contributed by atoms with Crippen molar-refractivity contribution in [3.8, 4) is 0 Å². The van der Waals surface area contributed by atoms with Gasteiger partial charge in [0.1, 0.15) is 0 Å². The molecule has 0 radical (unpaired) electrons. The van der Waals surface area contributed by atoms with Gasteiger partial charge in [0.2, 0.25) is 0 Å². The minimum Gasteiger partial charge on any atom is -0.481 e. The summed E-state index contributed by atoms with van der Waals surface area (Å²) in [5.74, 6) is -0.659. The summed E-state index contributed by atoms with van der Waals surface area (Å²) in [4.78, 5) is 12.5. The molecule has 0 fully saturated rings. The Balaban J connectivity index is 0. The highest BCUT2D eigenvalue weighted by molar-refractivity contribution is 5.66. The zero-order valence-electron chi connectivity index (χ0n) is 24.9. The standard InChI is InChI=1S/C20H43N.C12H24O2/c1-4-5-6-7-8-9-10-11-12-13-14-15-16-17-18-19-20-21(2)3;1-2-3-4-5-6-7-8-9-10-11-12(13)14/h4-20H2,1-3H3;2-11H2,1H3,(H,13,14). The summed E-state index contributed by atoms with van der Waals surface area (Å²) in [6.07, 6.45) is 34.8. The average Bonchev–Trinajstić information content (AvgIpc) is 2.83. The smallest absolute Gasteiger partial charge is 0.303 e. The molecule has 0 aromatic carbocycles. The molecular formula is C32H67NO2. The lowest BCUT2D eigenvalue weighted by atomic mass is 10.0. The zero-order chi connectivity index (χ0) is 26.2. The molecule has 0 saturated heterocycles. The van der Waals surface area contributed by atoms with E-state index < -0.39 is 5.97 Å². The van der Waals surface area contributed by atoms with Gasteiger partial charge in [-0.15, -0.1) is 0 Å². The Morgan fingerprint density at radius 1 is 0.457 bits per heavy atom. The predicted molar refractivity (Wildman–Crippen MR) is 158 cm³/mol. The molecule has 0 unspecified atom stereocenters. The van der Waals surface area contributed by atoms with E-state index >= 15 is 0 Å². The van der Waals surface area contributed by atoms with Gasteiger partial charge in [0, 0.05) is 6.42 Å². The number of carboxylic acid groups (broad SMARTS) is 1. The van der Waals surface area contributed by atoms with Gasteiger partial charge in [-0.05, 0) is 33.5 Å².